The van der Waals surface area contributed by atoms with Crippen LogP contribution in [0.1, 0.15) is 16.7 Å². The molecule has 150 valence electrons. The van der Waals surface area contributed by atoms with Crippen LogP contribution in [0.15, 0.2) is 42.0 Å². The van der Waals surface area contributed by atoms with Gasteiger partial charge in [0, 0.05) is 16.3 Å². The first-order chi connectivity index (χ1) is 13.8. The zero-order valence-electron chi connectivity index (χ0n) is 15.9. The normalized spacial score (nSPS) is 12.2. The van der Waals surface area contributed by atoms with Crippen molar-refractivity contribution in [1.82, 2.24) is 5.32 Å². The second-order valence-corrected chi connectivity index (χ2v) is 6.90. The molecule has 0 saturated carbocycles. The molecule has 3 rings (SSSR count). The lowest BCUT2D eigenvalue weighted by molar-refractivity contribution is -0.144. The van der Waals surface area contributed by atoms with Gasteiger partial charge < -0.3 is 14.8 Å². The van der Waals surface area contributed by atoms with Crippen LogP contribution in [0.3, 0.4) is 0 Å². The summed E-state index contributed by atoms with van der Waals surface area (Å²) < 4.78 is 10.4. The fourth-order valence-corrected chi connectivity index (χ4v) is 2.87. The van der Waals surface area contributed by atoms with Gasteiger partial charge in [-0.2, -0.15) is 0 Å². The Morgan fingerprint density at radius 3 is 2.76 bits per heavy atom. The third-order valence-corrected chi connectivity index (χ3v) is 4.62. The second kappa shape index (κ2) is 8.79. The van der Waals surface area contributed by atoms with E-state index >= 15 is 0 Å². The molecule has 8 heteroatoms. The lowest BCUT2D eigenvalue weighted by atomic mass is 10.1. The van der Waals surface area contributed by atoms with E-state index in [1.54, 1.807) is 36.4 Å². The molecule has 2 aromatic rings. The molecular formula is C21H19ClN2O5. The van der Waals surface area contributed by atoms with Crippen molar-refractivity contribution in [3.8, 4) is 5.75 Å². The smallest absolute Gasteiger partial charge is 0.338 e. The Morgan fingerprint density at radius 2 is 1.97 bits per heavy atom. The number of rotatable bonds is 4. The van der Waals surface area contributed by atoms with Crippen molar-refractivity contribution in [2.75, 3.05) is 18.5 Å². The van der Waals surface area contributed by atoms with Crippen molar-refractivity contribution < 1.29 is 23.9 Å². The summed E-state index contributed by atoms with van der Waals surface area (Å²) in [5.74, 6) is -0.852. The van der Waals surface area contributed by atoms with Gasteiger partial charge in [-0.3, -0.25) is 10.1 Å². The number of carbonyl (C=O) groups is 3. The highest BCUT2D eigenvalue weighted by Crippen LogP contribution is 2.29. The summed E-state index contributed by atoms with van der Waals surface area (Å²) in [6.07, 6.45) is 1.60. The number of hydrogen-bond acceptors (Lipinski definition) is 5. The van der Waals surface area contributed by atoms with Crippen LogP contribution < -0.4 is 15.4 Å². The molecule has 1 aliphatic rings. The van der Waals surface area contributed by atoms with Crippen LogP contribution in [-0.4, -0.2) is 31.1 Å². The SMILES string of the molecule is Cc1cccc(NC(=O)NC(=O)COC(=O)C2=Cc3cc(Cl)ccc3OC2)c1C. The van der Waals surface area contributed by atoms with Crippen LogP contribution in [0.2, 0.25) is 5.02 Å². The van der Waals surface area contributed by atoms with Gasteiger partial charge in [-0.05, 0) is 55.3 Å². The van der Waals surface area contributed by atoms with Crippen molar-refractivity contribution >= 4 is 41.3 Å². The van der Waals surface area contributed by atoms with Crippen molar-refractivity contribution in [3.05, 3.63) is 63.7 Å². The molecule has 1 heterocycles. The number of amides is 3. The molecule has 0 aliphatic carbocycles. The van der Waals surface area contributed by atoms with E-state index in [-0.39, 0.29) is 12.2 Å². The van der Waals surface area contributed by atoms with Gasteiger partial charge >= 0.3 is 12.0 Å². The topological polar surface area (TPSA) is 93.7 Å². The van der Waals surface area contributed by atoms with Gasteiger partial charge in [-0.15, -0.1) is 0 Å². The van der Waals surface area contributed by atoms with E-state index in [4.69, 9.17) is 21.1 Å². The maximum Gasteiger partial charge on any atom is 0.338 e. The third-order valence-electron chi connectivity index (χ3n) is 4.39. The molecule has 7 nitrogen and oxygen atoms in total. The highest BCUT2D eigenvalue weighted by Gasteiger charge is 2.20. The van der Waals surface area contributed by atoms with Crippen LogP contribution in [-0.2, 0) is 14.3 Å². The lowest BCUT2D eigenvalue weighted by Crippen LogP contribution is -2.37. The van der Waals surface area contributed by atoms with Gasteiger partial charge in [-0.1, -0.05) is 23.7 Å². The molecule has 2 N–H and O–H groups in total. The van der Waals surface area contributed by atoms with Crippen LogP contribution in [0.4, 0.5) is 10.5 Å². The van der Waals surface area contributed by atoms with Crippen LogP contribution >= 0.6 is 11.6 Å². The molecule has 2 aromatic carbocycles. The predicted octanol–water partition coefficient (Wildman–Crippen LogP) is 3.62. The van der Waals surface area contributed by atoms with Crippen molar-refractivity contribution in [2.24, 2.45) is 0 Å². The fraction of sp³-hybridized carbons (Fsp3) is 0.190. The summed E-state index contributed by atoms with van der Waals surface area (Å²) in [7, 11) is 0. The number of halogens is 1. The number of hydrogen-bond donors (Lipinski definition) is 2. The Balaban J connectivity index is 1.52. The van der Waals surface area contributed by atoms with Gasteiger partial charge in [0.2, 0.25) is 0 Å². The molecule has 0 spiro atoms. The quantitative estimate of drug-likeness (QED) is 0.745. The van der Waals surface area contributed by atoms with E-state index in [0.29, 0.717) is 22.0 Å². The first kappa shape index (κ1) is 20.4. The molecule has 0 atom stereocenters. The number of nitrogens with one attached hydrogen (secondary N) is 2. The van der Waals surface area contributed by atoms with Crippen LogP contribution in [0.25, 0.3) is 6.08 Å². The summed E-state index contributed by atoms with van der Waals surface area (Å²) in [6, 6.07) is 9.79. The molecule has 29 heavy (non-hydrogen) atoms. The first-order valence-corrected chi connectivity index (χ1v) is 9.18. The van der Waals surface area contributed by atoms with E-state index in [1.165, 1.54) is 0 Å². The van der Waals surface area contributed by atoms with Crippen LogP contribution in [0.5, 0.6) is 5.75 Å². The largest absolute Gasteiger partial charge is 0.488 e. The number of fused-ring (bicyclic) bond motifs is 1. The maximum atomic E-state index is 12.2. The Hall–Kier alpha value is -3.32. The summed E-state index contributed by atoms with van der Waals surface area (Å²) >= 11 is 5.94. The van der Waals surface area contributed by atoms with E-state index in [0.717, 1.165) is 11.1 Å². The minimum absolute atomic E-state index is 0.0161. The number of carbonyl (C=O) groups excluding carboxylic acids is 3. The molecule has 0 radical (unpaired) electrons. The number of ether oxygens (including phenoxy) is 2. The number of urea groups is 1. The number of anilines is 1. The van der Waals surface area contributed by atoms with E-state index in [2.05, 4.69) is 10.6 Å². The van der Waals surface area contributed by atoms with Crippen molar-refractivity contribution in [1.29, 1.82) is 0 Å². The van der Waals surface area contributed by atoms with E-state index < -0.39 is 24.5 Å². The van der Waals surface area contributed by atoms with Crippen molar-refractivity contribution in [2.45, 2.75) is 13.8 Å². The number of aryl methyl sites for hydroxylation is 1. The first-order valence-electron chi connectivity index (χ1n) is 8.80. The summed E-state index contributed by atoms with van der Waals surface area (Å²) in [4.78, 5) is 36.1. The van der Waals surface area contributed by atoms with Gasteiger partial charge in [0.25, 0.3) is 5.91 Å². The molecule has 0 saturated heterocycles. The maximum absolute atomic E-state index is 12.2. The Morgan fingerprint density at radius 1 is 1.17 bits per heavy atom. The predicted molar refractivity (Wildman–Crippen MR) is 109 cm³/mol. The standard InChI is InChI=1S/C21H19ClN2O5/c1-12-4-3-5-17(13(12)2)23-21(27)24-19(25)11-29-20(26)15-8-14-9-16(22)6-7-18(14)28-10-15/h3-9H,10-11H2,1-2H3,(H2,23,24,25,27). The zero-order valence-corrected chi connectivity index (χ0v) is 16.6. The molecule has 0 fully saturated rings. The molecule has 0 aromatic heterocycles. The number of esters is 1. The number of benzene rings is 2. The monoisotopic (exact) mass is 414 g/mol. The molecule has 0 bridgehead atoms. The van der Waals surface area contributed by atoms with E-state index in [9.17, 15) is 14.4 Å². The second-order valence-electron chi connectivity index (χ2n) is 6.47. The summed E-state index contributed by atoms with van der Waals surface area (Å²) in [6.45, 7) is 3.19. The lowest BCUT2D eigenvalue weighted by Gasteiger charge is -2.17. The van der Waals surface area contributed by atoms with E-state index in [1.807, 2.05) is 19.9 Å². The average Bonchev–Trinajstić information content (AvgIpc) is 2.69. The average molecular weight is 415 g/mol. The molecule has 1 aliphatic heterocycles. The Kier molecular flexibility index (Phi) is 6.19. The molecular weight excluding hydrogens is 396 g/mol. The number of imide groups is 1. The van der Waals surface area contributed by atoms with Gasteiger partial charge in [0.05, 0.1) is 5.57 Å². The Labute approximate surface area is 172 Å². The summed E-state index contributed by atoms with van der Waals surface area (Å²) in [5, 5.41) is 5.22. The third kappa shape index (κ3) is 5.14. The zero-order chi connectivity index (χ0) is 21.0. The highest BCUT2D eigenvalue weighted by molar-refractivity contribution is 6.30. The van der Waals surface area contributed by atoms with Gasteiger partial charge in [0.15, 0.2) is 6.61 Å². The minimum atomic E-state index is -0.748. The fourth-order valence-electron chi connectivity index (χ4n) is 2.69. The van der Waals surface area contributed by atoms with Crippen molar-refractivity contribution in [3.63, 3.8) is 0 Å². The minimum Gasteiger partial charge on any atom is -0.488 e. The van der Waals surface area contributed by atoms with Gasteiger partial charge in [-0.25, -0.2) is 9.59 Å². The highest BCUT2D eigenvalue weighted by atomic mass is 35.5. The molecule has 3 amide bonds. The molecule has 0 unspecified atom stereocenters. The van der Waals surface area contributed by atoms with Gasteiger partial charge in [0.1, 0.15) is 12.4 Å². The Bertz CT molecular complexity index is 1020. The summed E-state index contributed by atoms with van der Waals surface area (Å²) in [5.41, 5.74) is 3.38. The van der Waals surface area contributed by atoms with Crippen LogP contribution in [0, 0.1) is 13.8 Å².